The van der Waals surface area contributed by atoms with Gasteiger partial charge in [-0.15, -0.1) is 0 Å². The molecule has 2 aromatic carbocycles. The lowest BCUT2D eigenvalue weighted by molar-refractivity contribution is -0.134. The van der Waals surface area contributed by atoms with Crippen molar-refractivity contribution in [1.29, 1.82) is 0 Å². The number of hydrogen-bond donors (Lipinski definition) is 2. The first kappa shape index (κ1) is 20.9. The second-order valence-corrected chi connectivity index (χ2v) is 8.79. The summed E-state index contributed by atoms with van der Waals surface area (Å²) >= 11 is 0. The van der Waals surface area contributed by atoms with Gasteiger partial charge in [0.1, 0.15) is 5.69 Å². The van der Waals surface area contributed by atoms with Crippen LogP contribution in [0.5, 0.6) is 0 Å². The van der Waals surface area contributed by atoms with Crippen LogP contribution < -0.4 is 5.32 Å². The summed E-state index contributed by atoms with van der Waals surface area (Å²) in [7, 11) is 0. The van der Waals surface area contributed by atoms with E-state index in [4.69, 9.17) is 0 Å². The number of rotatable bonds is 4. The van der Waals surface area contributed by atoms with Gasteiger partial charge in [-0.05, 0) is 49.6 Å². The molecule has 1 aliphatic heterocycles. The summed E-state index contributed by atoms with van der Waals surface area (Å²) in [5, 5.41) is 16.0. The molecule has 3 heterocycles. The van der Waals surface area contributed by atoms with E-state index in [0.717, 1.165) is 44.5 Å². The molecule has 1 saturated heterocycles. The first-order chi connectivity index (χ1) is 15.8. The van der Waals surface area contributed by atoms with Gasteiger partial charge in [-0.1, -0.05) is 18.2 Å². The number of amides is 2. The maximum Gasteiger partial charge on any atom is 0.255 e. The van der Waals surface area contributed by atoms with Crippen molar-refractivity contribution in [1.82, 2.24) is 24.9 Å². The maximum absolute atomic E-state index is 13.2. The number of carbonyl (C=O) groups excluding carboxylic acids is 2. The van der Waals surface area contributed by atoms with Crippen LogP contribution in [0, 0.1) is 20.8 Å². The van der Waals surface area contributed by atoms with E-state index in [1.165, 1.54) is 0 Å². The number of likely N-dealkylation sites (tertiary alicyclic amines) is 1. The molecule has 5 rings (SSSR count). The Morgan fingerprint density at radius 3 is 2.52 bits per heavy atom. The molecule has 2 aromatic heterocycles. The average molecular weight is 443 g/mol. The molecule has 0 radical (unpaired) electrons. The zero-order chi connectivity index (χ0) is 23.3. The maximum atomic E-state index is 13.2. The van der Waals surface area contributed by atoms with E-state index in [-0.39, 0.29) is 17.9 Å². The minimum atomic E-state index is -0.145. The summed E-state index contributed by atoms with van der Waals surface area (Å²) < 4.78 is 1.89. The van der Waals surface area contributed by atoms with E-state index >= 15 is 0 Å². The van der Waals surface area contributed by atoms with Gasteiger partial charge in [0, 0.05) is 48.4 Å². The van der Waals surface area contributed by atoms with Gasteiger partial charge < -0.3 is 10.2 Å². The standard InChI is InChI=1S/C25H26N6O2/c1-14-6-5-7-15(2)23(14)27-25(33)20-9-21-22(8-16(20)3)28-29-24(21)18-10-26-31(11-18)19-12-30(13-19)17(4)32/h5-11,19H,12-13H2,1-4H3,(H,27,33)(H,28,29). The molecule has 0 saturated carbocycles. The van der Waals surface area contributed by atoms with Gasteiger partial charge in [-0.25, -0.2) is 0 Å². The predicted octanol–water partition coefficient (Wildman–Crippen LogP) is 4.01. The van der Waals surface area contributed by atoms with E-state index in [0.29, 0.717) is 18.7 Å². The summed E-state index contributed by atoms with van der Waals surface area (Å²) in [4.78, 5) is 26.4. The third-order valence-electron chi connectivity index (χ3n) is 6.43. The molecule has 168 valence electrons. The Morgan fingerprint density at radius 2 is 1.82 bits per heavy atom. The summed E-state index contributed by atoms with van der Waals surface area (Å²) in [5.41, 5.74) is 6.86. The summed E-state index contributed by atoms with van der Waals surface area (Å²) in [6.45, 7) is 8.81. The fourth-order valence-electron chi connectivity index (χ4n) is 4.37. The zero-order valence-electron chi connectivity index (χ0n) is 19.1. The van der Waals surface area contributed by atoms with Crippen LogP contribution in [0.4, 0.5) is 5.69 Å². The Kier molecular flexibility index (Phi) is 5.00. The number of aromatic amines is 1. The number of hydrogen-bond acceptors (Lipinski definition) is 4. The van der Waals surface area contributed by atoms with Crippen molar-refractivity contribution >= 4 is 28.4 Å². The van der Waals surface area contributed by atoms with Gasteiger partial charge in [0.25, 0.3) is 5.91 Å². The van der Waals surface area contributed by atoms with Crippen molar-refractivity contribution in [2.45, 2.75) is 33.7 Å². The highest BCUT2D eigenvalue weighted by atomic mass is 16.2. The number of para-hydroxylation sites is 1. The molecule has 4 aromatic rings. The second kappa shape index (κ2) is 7.88. The van der Waals surface area contributed by atoms with Gasteiger partial charge in [0.15, 0.2) is 0 Å². The number of benzene rings is 2. The van der Waals surface area contributed by atoms with Crippen molar-refractivity contribution in [3.63, 3.8) is 0 Å². The van der Waals surface area contributed by atoms with Gasteiger partial charge >= 0.3 is 0 Å². The van der Waals surface area contributed by atoms with Gasteiger partial charge in [-0.2, -0.15) is 10.2 Å². The van der Waals surface area contributed by atoms with Crippen LogP contribution in [0.2, 0.25) is 0 Å². The Balaban J connectivity index is 1.45. The Hall–Kier alpha value is -3.94. The molecule has 1 aliphatic rings. The smallest absolute Gasteiger partial charge is 0.255 e. The monoisotopic (exact) mass is 442 g/mol. The molecule has 0 spiro atoms. The van der Waals surface area contributed by atoms with Crippen molar-refractivity contribution in [2.75, 3.05) is 18.4 Å². The number of fused-ring (bicyclic) bond motifs is 1. The summed E-state index contributed by atoms with van der Waals surface area (Å²) in [5.74, 6) is -0.0626. The average Bonchev–Trinajstić information content (AvgIpc) is 3.35. The molecule has 2 amide bonds. The van der Waals surface area contributed by atoms with Gasteiger partial charge in [0.05, 0.1) is 17.8 Å². The third-order valence-corrected chi connectivity index (χ3v) is 6.43. The predicted molar refractivity (Wildman–Crippen MR) is 127 cm³/mol. The largest absolute Gasteiger partial charge is 0.339 e. The summed E-state index contributed by atoms with van der Waals surface area (Å²) in [6, 6.07) is 9.98. The van der Waals surface area contributed by atoms with E-state index < -0.39 is 0 Å². The fraction of sp³-hybridized carbons (Fsp3) is 0.280. The fourth-order valence-corrected chi connectivity index (χ4v) is 4.37. The lowest BCUT2D eigenvalue weighted by atomic mass is 10.0. The highest BCUT2D eigenvalue weighted by molar-refractivity contribution is 6.09. The molecule has 0 unspecified atom stereocenters. The lowest BCUT2D eigenvalue weighted by Crippen LogP contribution is -2.49. The molecular weight excluding hydrogens is 416 g/mol. The van der Waals surface area contributed by atoms with E-state index in [1.807, 2.05) is 62.0 Å². The first-order valence-corrected chi connectivity index (χ1v) is 11.0. The first-order valence-electron chi connectivity index (χ1n) is 11.0. The molecular formula is C25H26N6O2. The molecule has 0 bridgehead atoms. The lowest BCUT2D eigenvalue weighted by Gasteiger charge is -2.38. The number of nitrogens with one attached hydrogen (secondary N) is 2. The Labute approximate surface area is 191 Å². The molecule has 0 aliphatic carbocycles. The minimum absolute atomic E-state index is 0.0824. The number of aryl methyl sites for hydroxylation is 3. The highest BCUT2D eigenvalue weighted by Crippen LogP contribution is 2.31. The van der Waals surface area contributed by atoms with Crippen molar-refractivity contribution in [2.24, 2.45) is 0 Å². The molecule has 33 heavy (non-hydrogen) atoms. The van der Waals surface area contributed by atoms with Crippen LogP contribution in [0.1, 0.15) is 40.0 Å². The van der Waals surface area contributed by atoms with Crippen molar-refractivity contribution in [3.8, 4) is 11.3 Å². The number of nitrogens with zero attached hydrogens (tertiary/aromatic N) is 4. The van der Waals surface area contributed by atoms with Crippen molar-refractivity contribution in [3.05, 3.63) is 65.0 Å². The number of anilines is 1. The number of H-pyrrole nitrogens is 1. The van der Waals surface area contributed by atoms with Gasteiger partial charge in [0.2, 0.25) is 5.91 Å². The molecule has 8 heteroatoms. The second-order valence-electron chi connectivity index (χ2n) is 8.79. The van der Waals surface area contributed by atoms with Crippen LogP contribution in [-0.4, -0.2) is 49.8 Å². The highest BCUT2D eigenvalue weighted by Gasteiger charge is 2.30. The topological polar surface area (TPSA) is 95.9 Å². The molecule has 1 fully saturated rings. The molecule has 8 nitrogen and oxygen atoms in total. The normalized spacial score (nSPS) is 13.9. The quantitative estimate of drug-likeness (QED) is 0.499. The number of carbonyl (C=O) groups is 2. The van der Waals surface area contributed by atoms with Crippen LogP contribution in [0.15, 0.2) is 42.7 Å². The van der Waals surface area contributed by atoms with Gasteiger partial charge in [-0.3, -0.25) is 19.4 Å². The van der Waals surface area contributed by atoms with Crippen LogP contribution in [-0.2, 0) is 4.79 Å². The van der Waals surface area contributed by atoms with Crippen LogP contribution >= 0.6 is 0 Å². The van der Waals surface area contributed by atoms with Crippen LogP contribution in [0.3, 0.4) is 0 Å². The SMILES string of the molecule is CC(=O)N1CC(n2cc(-c3n[nH]c4cc(C)c(C(=O)Nc5c(C)cccc5C)cc34)cn2)C1. The van der Waals surface area contributed by atoms with Crippen molar-refractivity contribution < 1.29 is 9.59 Å². The Bertz CT molecular complexity index is 1370. The van der Waals surface area contributed by atoms with E-state index in [1.54, 1.807) is 18.0 Å². The molecule has 0 atom stereocenters. The van der Waals surface area contributed by atoms with E-state index in [2.05, 4.69) is 20.6 Å². The minimum Gasteiger partial charge on any atom is -0.339 e. The summed E-state index contributed by atoms with van der Waals surface area (Å²) in [6.07, 6.45) is 3.73. The third kappa shape index (κ3) is 3.67. The van der Waals surface area contributed by atoms with E-state index in [9.17, 15) is 9.59 Å². The Morgan fingerprint density at radius 1 is 1.09 bits per heavy atom. The zero-order valence-corrected chi connectivity index (χ0v) is 19.1. The van der Waals surface area contributed by atoms with Crippen LogP contribution in [0.25, 0.3) is 22.2 Å². The molecule has 2 N–H and O–H groups in total. The number of aromatic nitrogens is 4.